The quantitative estimate of drug-likeness (QED) is 0.307. The topological polar surface area (TPSA) is 110 Å². The van der Waals surface area contributed by atoms with Crippen molar-refractivity contribution < 1.29 is 14.3 Å². The summed E-state index contributed by atoms with van der Waals surface area (Å²) in [7, 11) is 5.86. The van der Waals surface area contributed by atoms with Crippen LogP contribution in [0, 0.1) is 6.92 Å². The number of carbonyl (C=O) groups excluding carboxylic acids is 2. The summed E-state index contributed by atoms with van der Waals surface area (Å²) >= 11 is 6.95. The monoisotopic (exact) mass is 656 g/mol. The average molecular weight is 657 g/mol. The maximum absolute atomic E-state index is 13.6. The van der Waals surface area contributed by atoms with Crippen molar-refractivity contribution in [3.8, 4) is 11.1 Å². The van der Waals surface area contributed by atoms with Crippen LogP contribution >= 0.6 is 11.6 Å². The fourth-order valence-corrected chi connectivity index (χ4v) is 7.51. The van der Waals surface area contributed by atoms with Gasteiger partial charge in [0.2, 0.25) is 0 Å². The molecule has 2 amide bonds. The lowest BCUT2D eigenvalue weighted by atomic mass is 9.98. The minimum Gasteiger partial charge on any atom is -0.381 e. The number of benzene rings is 2. The number of carbonyl (C=O) groups is 2. The Bertz CT molecular complexity index is 1860. The van der Waals surface area contributed by atoms with Gasteiger partial charge in [-0.1, -0.05) is 35.9 Å². The molecule has 1 fully saturated rings. The van der Waals surface area contributed by atoms with Crippen LogP contribution in [0.25, 0.3) is 11.1 Å². The van der Waals surface area contributed by atoms with Crippen molar-refractivity contribution >= 4 is 34.8 Å². The summed E-state index contributed by atoms with van der Waals surface area (Å²) in [6.45, 7) is 6.92. The lowest BCUT2D eigenvalue weighted by Crippen LogP contribution is -2.42. The highest BCUT2D eigenvalue weighted by Gasteiger charge is 2.30. The van der Waals surface area contributed by atoms with E-state index in [1.807, 2.05) is 60.5 Å². The summed E-state index contributed by atoms with van der Waals surface area (Å²) < 4.78 is 9.37. The van der Waals surface area contributed by atoms with Crippen LogP contribution in [0.3, 0.4) is 0 Å². The first-order valence-corrected chi connectivity index (χ1v) is 16.7. The van der Waals surface area contributed by atoms with Crippen molar-refractivity contribution in [1.82, 2.24) is 28.9 Å². The molecule has 7 rings (SSSR count). The standard InChI is InChI=1S/C35H41ClN8O3/c1-21-23(24-8-6-10-26(31(24)36)40-35(46)33-37-27-19-41(2)15-11-29(27)42(33)3)7-5-9-25(21)39-34(45)32-38-28-20-44(16-12-30(28)43(32)4)22-13-17-47-18-14-22/h5-10,22H,11-20H2,1-4H3,(H,39,45)(H,40,46). The number of imidazole rings is 2. The zero-order valence-corrected chi connectivity index (χ0v) is 28.2. The summed E-state index contributed by atoms with van der Waals surface area (Å²) in [5.74, 6) is 0.199. The molecule has 3 aliphatic heterocycles. The normalized spacial score (nSPS) is 17.3. The molecule has 0 radical (unpaired) electrons. The molecular weight excluding hydrogens is 616 g/mol. The Morgan fingerprint density at radius 3 is 2.06 bits per heavy atom. The number of likely N-dealkylation sites (N-methyl/N-ethyl adjacent to an activating group) is 1. The van der Waals surface area contributed by atoms with Crippen LogP contribution in [0.15, 0.2) is 36.4 Å². The molecule has 1 saturated heterocycles. The van der Waals surface area contributed by atoms with Crippen molar-refractivity contribution in [3.05, 3.63) is 81.4 Å². The van der Waals surface area contributed by atoms with E-state index < -0.39 is 0 Å². The molecule has 2 aromatic heterocycles. The fraction of sp³-hybridized carbons (Fsp3) is 0.429. The second kappa shape index (κ2) is 12.9. The Hall–Kier alpha value is -4.03. The Balaban J connectivity index is 1.09. The predicted molar refractivity (Wildman–Crippen MR) is 182 cm³/mol. The average Bonchev–Trinajstić information content (AvgIpc) is 3.59. The highest BCUT2D eigenvalue weighted by molar-refractivity contribution is 6.36. The largest absolute Gasteiger partial charge is 0.381 e. The third kappa shape index (κ3) is 5.97. The summed E-state index contributed by atoms with van der Waals surface area (Å²) in [5.41, 5.74) is 7.74. The molecule has 246 valence electrons. The minimum absolute atomic E-state index is 0.254. The van der Waals surface area contributed by atoms with E-state index in [0.29, 0.717) is 34.1 Å². The van der Waals surface area contributed by atoms with Gasteiger partial charge >= 0.3 is 0 Å². The lowest BCUT2D eigenvalue weighted by Gasteiger charge is -2.36. The number of amides is 2. The van der Waals surface area contributed by atoms with Crippen molar-refractivity contribution in [2.45, 2.75) is 51.7 Å². The van der Waals surface area contributed by atoms with Gasteiger partial charge in [-0.3, -0.25) is 14.5 Å². The van der Waals surface area contributed by atoms with Crippen LogP contribution in [0.2, 0.25) is 5.02 Å². The van der Waals surface area contributed by atoms with E-state index in [2.05, 4.69) is 32.5 Å². The van der Waals surface area contributed by atoms with E-state index >= 15 is 0 Å². The number of ether oxygens (including phenoxy) is 1. The Kier molecular flexibility index (Phi) is 8.65. The summed E-state index contributed by atoms with van der Waals surface area (Å²) in [5, 5.41) is 6.50. The molecule has 2 aromatic carbocycles. The van der Waals surface area contributed by atoms with Gasteiger partial charge in [0.05, 0.1) is 22.1 Å². The van der Waals surface area contributed by atoms with Crippen LogP contribution in [0.5, 0.6) is 0 Å². The lowest BCUT2D eigenvalue weighted by molar-refractivity contribution is 0.0283. The number of anilines is 2. The number of hydrogen-bond donors (Lipinski definition) is 2. The highest BCUT2D eigenvalue weighted by Crippen LogP contribution is 2.38. The predicted octanol–water partition coefficient (Wildman–Crippen LogP) is 4.81. The van der Waals surface area contributed by atoms with E-state index in [4.69, 9.17) is 21.3 Å². The maximum atomic E-state index is 13.6. The molecule has 5 heterocycles. The number of rotatable bonds is 6. The van der Waals surface area contributed by atoms with E-state index in [-0.39, 0.29) is 11.8 Å². The minimum atomic E-state index is -0.310. The molecule has 47 heavy (non-hydrogen) atoms. The van der Waals surface area contributed by atoms with E-state index in [9.17, 15) is 9.59 Å². The molecule has 11 nitrogen and oxygen atoms in total. The molecule has 0 unspecified atom stereocenters. The van der Waals surface area contributed by atoms with Crippen LogP contribution in [-0.2, 0) is 44.8 Å². The molecule has 4 aromatic rings. The maximum Gasteiger partial charge on any atom is 0.291 e. The first kappa shape index (κ1) is 31.6. The van der Waals surface area contributed by atoms with Crippen molar-refractivity contribution in [2.24, 2.45) is 14.1 Å². The SMILES string of the molecule is Cc1c(NC(=O)c2nc3c(n2C)CCN(C2CCOCC2)C3)cccc1-c1cccc(NC(=O)c2nc3c(n2C)CCN(C)C3)c1Cl. The van der Waals surface area contributed by atoms with Gasteiger partial charge in [0.15, 0.2) is 11.6 Å². The van der Waals surface area contributed by atoms with E-state index in [1.54, 1.807) is 6.07 Å². The summed E-state index contributed by atoms with van der Waals surface area (Å²) in [6.07, 6.45) is 3.79. The zero-order chi connectivity index (χ0) is 32.8. The number of halogens is 1. The number of nitrogens with one attached hydrogen (secondary N) is 2. The molecule has 0 spiro atoms. The second-order valence-electron chi connectivity index (χ2n) is 12.9. The summed E-state index contributed by atoms with van der Waals surface area (Å²) in [4.78, 5) is 41.2. The van der Waals surface area contributed by atoms with E-state index in [0.717, 1.165) is 105 Å². The third-order valence-corrected chi connectivity index (χ3v) is 10.4. The Morgan fingerprint density at radius 1 is 0.809 bits per heavy atom. The van der Waals surface area contributed by atoms with Gasteiger partial charge in [0.25, 0.3) is 11.8 Å². The first-order chi connectivity index (χ1) is 22.7. The number of nitrogens with zero attached hydrogens (tertiary/aromatic N) is 6. The van der Waals surface area contributed by atoms with Gasteiger partial charge < -0.3 is 29.4 Å². The first-order valence-electron chi connectivity index (χ1n) is 16.3. The number of aromatic nitrogens is 4. The Morgan fingerprint density at radius 2 is 1.38 bits per heavy atom. The molecule has 12 heteroatoms. The molecular formula is C35H41ClN8O3. The van der Waals surface area contributed by atoms with Gasteiger partial charge in [-0.25, -0.2) is 9.97 Å². The van der Waals surface area contributed by atoms with Crippen LogP contribution in [0.1, 0.15) is 62.4 Å². The highest BCUT2D eigenvalue weighted by atomic mass is 35.5. The molecule has 0 atom stereocenters. The van der Waals surface area contributed by atoms with Gasteiger partial charge in [-0.2, -0.15) is 0 Å². The summed E-state index contributed by atoms with van der Waals surface area (Å²) in [6, 6.07) is 11.8. The zero-order valence-electron chi connectivity index (χ0n) is 27.4. The van der Waals surface area contributed by atoms with Crippen LogP contribution in [0.4, 0.5) is 11.4 Å². The molecule has 0 aliphatic carbocycles. The molecule has 0 bridgehead atoms. The van der Waals surface area contributed by atoms with Gasteiger partial charge in [-0.05, 0) is 50.1 Å². The van der Waals surface area contributed by atoms with Crippen molar-refractivity contribution in [3.63, 3.8) is 0 Å². The molecule has 3 aliphatic rings. The van der Waals surface area contributed by atoms with Gasteiger partial charge in [-0.15, -0.1) is 0 Å². The van der Waals surface area contributed by atoms with Crippen LogP contribution < -0.4 is 10.6 Å². The van der Waals surface area contributed by atoms with E-state index in [1.165, 1.54) is 0 Å². The van der Waals surface area contributed by atoms with Gasteiger partial charge in [0.1, 0.15) is 0 Å². The smallest absolute Gasteiger partial charge is 0.291 e. The van der Waals surface area contributed by atoms with Crippen molar-refractivity contribution in [1.29, 1.82) is 0 Å². The number of hydrogen-bond acceptors (Lipinski definition) is 7. The van der Waals surface area contributed by atoms with Crippen LogP contribution in [-0.4, -0.2) is 80.1 Å². The fourth-order valence-electron chi connectivity index (χ4n) is 7.23. The number of fused-ring (bicyclic) bond motifs is 2. The third-order valence-electron chi connectivity index (χ3n) is 9.96. The molecule has 0 saturated carbocycles. The van der Waals surface area contributed by atoms with Crippen molar-refractivity contribution in [2.75, 3.05) is 44.0 Å². The second-order valence-corrected chi connectivity index (χ2v) is 13.3. The molecule has 2 N–H and O–H groups in total. The van der Waals surface area contributed by atoms with Gasteiger partial charge in [0, 0.05) is 95.0 Å². The Labute approximate surface area is 279 Å².